The zero-order chi connectivity index (χ0) is 19.7. The summed E-state index contributed by atoms with van der Waals surface area (Å²) in [7, 11) is 1.50. The summed E-state index contributed by atoms with van der Waals surface area (Å²) >= 11 is 0. The Balaban J connectivity index is 1.54. The van der Waals surface area contributed by atoms with Gasteiger partial charge in [0.2, 0.25) is 0 Å². The van der Waals surface area contributed by atoms with Gasteiger partial charge in [-0.2, -0.15) is 0 Å². The number of hydrogen-bond donors (Lipinski definition) is 1. The second kappa shape index (κ2) is 7.23. The summed E-state index contributed by atoms with van der Waals surface area (Å²) < 4.78 is 16.3. The first-order valence-corrected chi connectivity index (χ1v) is 8.94. The molecule has 0 aliphatic heterocycles. The van der Waals surface area contributed by atoms with E-state index in [0.717, 1.165) is 16.7 Å². The molecule has 0 saturated carbocycles. The number of carbonyl (C=O) groups excluding carboxylic acids is 1. The van der Waals surface area contributed by atoms with Crippen LogP contribution < -0.4 is 15.7 Å². The summed E-state index contributed by atoms with van der Waals surface area (Å²) in [6.07, 6.45) is 0.507. The number of amides is 1. The lowest BCUT2D eigenvalue weighted by atomic mass is 10.1. The van der Waals surface area contributed by atoms with Crippen molar-refractivity contribution >= 4 is 27.8 Å². The third-order valence-electron chi connectivity index (χ3n) is 4.55. The molecule has 4 aromatic rings. The van der Waals surface area contributed by atoms with Crippen LogP contribution in [-0.4, -0.2) is 19.1 Å². The van der Waals surface area contributed by atoms with Crippen LogP contribution in [0.1, 0.15) is 23.0 Å². The van der Waals surface area contributed by atoms with Gasteiger partial charge in [0.1, 0.15) is 16.9 Å². The number of nitrogens with one attached hydrogen (secondary N) is 1. The maximum absolute atomic E-state index is 12.6. The van der Waals surface area contributed by atoms with Gasteiger partial charge in [0.25, 0.3) is 5.91 Å². The van der Waals surface area contributed by atoms with E-state index in [2.05, 4.69) is 5.32 Å². The maximum atomic E-state index is 12.6. The van der Waals surface area contributed by atoms with E-state index >= 15 is 0 Å². The molecule has 2 heterocycles. The normalized spacial score (nSPS) is 12.2. The second-order valence-electron chi connectivity index (χ2n) is 6.66. The summed E-state index contributed by atoms with van der Waals surface area (Å²) in [5, 5.41) is 4.47. The van der Waals surface area contributed by atoms with Crippen LogP contribution >= 0.6 is 0 Å². The van der Waals surface area contributed by atoms with Crippen LogP contribution in [0.4, 0.5) is 0 Å². The summed E-state index contributed by atoms with van der Waals surface area (Å²) in [4.78, 5) is 24.9. The molecule has 1 amide bonds. The van der Waals surface area contributed by atoms with E-state index in [1.165, 1.54) is 13.2 Å². The average Bonchev–Trinajstić information content (AvgIpc) is 3.08. The molecule has 0 aliphatic rings. The fourth-order valence-electron chi connectivity index (χ4n) is 3.23. The van der Waals surface area contributed by atoms with E-state index in [1.807, 2.05) is 37.3 Å². The van der Waals surface area contributed by atoms with Crippen LogP contribution in [0.15, 0.2) is 68.2 Å². The van der Waals surface area contributed by atoms with Crippen molar-refractivity contribution in [2.75, 3.05) is 7.11 Å². The third-order valence-corrected chi connectivity index (χ3v) is 4.55. The summed E-state index contributed by atoms with van der Waals surface area (Å²) in [5.41, 5.74) is 0.379. The number of hydrogen-bond acceptors (Lipinski definition) is 5. The Morgan fingerprint density at radius 3 is 2.64 bits per heavy atom. The van der Waals surface area contributed by atoms with Crippen LogP contribution in [0.5, 0.6) is 5.75 Å². The molecule has 0 radical (unpaired) electrons. The fraction of sp³-hybridized carbons (Fsp3) is 0.182. The molecule has 0 unspecified atom stereocenters. The molecule has 6 heteroatoms. The highest BCUT2D eigenvalue weighted by Gasteiger charge is 2.18. The number of carbonyl (C=O) groups is 1. The van der Waals surface area contributed by atoms with Crippen LogP contribution in [0.2, 0.25) is 0 Å². The third kappa shape index (κ3) is 3.36. The molecule has 28 heavy (non-hydrogen) atoms. The number of rotatable bonds is 5. The lowest BCUT2D eigenvalue weighted by Gasteiger charge is -2.12. The van der Waals surface area contributed by atoms with Gasteiger partial charge in [-0.15, -0.1) is 0 Å². The number of fused-ring (bicyclic) bond motifs is 2. The Morgan fingerprint density at radius 2 is 1.86 bits per heavy atom. The quantitative estimate of drug-likeness (QED) is 0.533. The molecule has 1 atom stereocenters. The SMILES string of the molecule is COc1cccc2cc(C(=O)N[C@@H](C)Cc3cc4ccccc4o3)c(=O)oc12. The standard InChI is InChI=1S/C22H19NO5/c1-13(10-16-11-14-6-3-4-8-18(14)27-16)23-21(24)17-12-15-7-5-9-19(26-2)20(15)28-22(17)25/h3-9,11-13H,10H2,1-2H3,(H,23,24)/t13-/m0/s1. The topological polar surface area (TPSA) is 81.7 Å². The number of furan rings is 1. The van der Waals surface area contributed by atoms with E-state index in [1.54, 1.807) is 18.2 Å². The van der Waals surface area contributed by atoms with Gasteiger partial charge in [0, 0.05) is 23.2 Å². The van der Waals surface area contributed by atoms with Gasteiger partial charge in [0.15, 0.2) is 11.3 Å². The Kier molecular flexibility index (Phi) is 4.61. The monoisotopic (exact) mass is 377 g/mol. The molecule has 142 valence electrons. The Bertz CT molecular complexity index is 1190. The number of methoxy groups -OCH3 is 1. The summed E-state index contributed by atoms with van der Waals surface area (Å²) in [6, 6.07) is 16.2. The van der Waals surface area contributed by atoms with E-state index in [-0.39, 0.29) is 11.6 Å². The maximum Gasteiger partial charge on any atom is 0.349 e. The Hall–Kier alpha value is -3.54. The van der Waals surface area contributed by atoms with Gasteiger partial charge in [-0.1, -0.05) is 30.3 Å². The molecular formula is C22H19NO5. The minimum absolute atomic E-state index is 0.0443. The summed E-state index contributed by atoms with van der Waals surface area (Å²) in [6.45, 7) is 1.86. The predicted octanol–water partition coefficient (Wildman–Crippen LogP) is 3.91. The van der Waals surface area contributed by atoms with Crippen molar-refractivity contribution in [2.24, 2.45) is 0 Å². The molecule has 6 nitrogen and oxygen atoms in total. The van der Waals surface area contributed by atoms with Crippen molar-refractivity contribution in [3.05, 3.63) is 76.3 Å². The molecule has 0 bridgehead atoms. The minimum atomic E-state index is -0.703. The van der Waals surface area contributed by atoms with Crippen LogP contribution in [0.25, 0.3) is 21.9 Å². The number of para-hydroxylation sites is 2. The van der Waals surface area contributed by atoms with Crippen molar-refractivity contribution in [3.8, 4) is 5.75 Å². The molecule has 2 aromatic carbocycles. The van der Waals surface area contributed by atoms with E-state index in [4.69, 9.17) is 13.6 Å². The van der Waals surface area contributed by atoms with Gasteiger partial charge < -0.3 is 18.9 Å². The van der Waals surface area contributed by atoms with Gasteiger partial charge >= 0.3 is 5.63 Å². The fourth-order valence-corrected chi connectivity index (χ4v) is 3.23. The lowest BCUT2D eigenvalue weighted by Crippen LogP contribution is -2.36. The molecule has 0 saturated heterocycles. The number of benzene rings is 2. The van der Waals surface area contributed by atoms with Gasteiger partial charge in [-0.05, 0) is 31.2 Å². The average molecular weight is 377 g/mol. The highest BCUT2D eigenvalue weighted by Crippen LogP contribution is 2.24. The second-order valence-corrected chi connectivity index (χ2v) is 6.66. The summed E-state index contributed by atoms with van der Waals surface area (Å²) in [5.74, 6) is 0.728. The van der Waals surface area contributed by atoms with Crippen molar-refractivity contribution in [3.63, 3.8) is 0 Å². The van der Waals surface area contributed by atoms with Gasteiger partial charge in [-0.3, -0.25) is 4.79 Å². The van der Waals surface area contributed by atoms with Gasteiger partial charge in [0.05, 0.1) is 7.11 Å². The Labute approximate surface area is 160 Å². The molecular weight excluding hydrogens is 358 g/mol. The van der Waals surface area contributed by atoms with E-state index < -0.39 is 11.5 Å². The predicted molar refractivity (Wildman–Crippen MR) is 106 cm³/mol. The van der Waals surface area contributed by atoms with Crippen molar-refractivity contribution < 1.29 is 18.4 Å². The first-order valence-electron chi connectivity index (χ1n) is 8.94. The largest absolute Gasteiger partial charge is 0.493 e. The zero-order valence-corrected chi connectivity index (χ0v) is 15.5. The van der Waals surface area contributed by atoms with E-state index in [9.17, 15) is 9.59 Å². The zero-order valence-electron chi connectivity index (χ0n) is 15.5. The van der Waals surface area contributed by atoms with E-state index in [0.29, 0.717) is 23.1 Å². The number of ether oxygens (including phenoxy) is 1. The van der Waals surface area contributed by atoms with Crippen molar-refractivity contribution in [1.29, 1.82) is 0 Å². The molecule has 2 aromatic heterocycles. The molecule has 0 spiro atoms. The molecule has 1 N–H and O–H groups in total. The highest BCUT2D eigenvalue weighted by atomic mass is 16.5. The van der Waals surface area contributed by atoms with Crippen molar-refractivity contribution in [1.82, 2.24) is 5.32 Å². The molecule has 0 fully saturated rings. The minimum Gasteiger partial charge on any atom is -0.493 e. The first-order chi connectivity index (χ1) is 13.5. The highest BCUT2D eigenvalue weighted by molar-refractivity contribution is 5.97. The lowest BCUT2D eigenvalue weighted by molar-refractivity contribution is 0.0936. The van der Waals surface area contributed by atoms with Crippen LogP contribution in [0.3, 0.4) is 0 Å². The molecule has 4 rings (SSSR count). The van der Waals surface area contributed by atoms with Crippen LogP contribution in [-0.2, 0) is 6.42 Å². The molecule has 0 aliphatic carbocycles. The van der Waals surface area contributed by atoms with Crippen molar-refractivity contribution in [2.45, 2.75) is 19.4 Å². The van der Waals surface area contributed by atoms with Gasteiger partial charge in [-0.25, -0.2) is 4.79 Å². The van der Waals surface area contributed by atoms with Crippen LogP contribution in [0, 0.1) is 0 Å². The first kappa shape index (κ1) is 17.9. The smallest absolute Gasteiger partial charge is 0.349 e. The Morgan fingerprint density at radius 1 is 1.07 bits per heavy atom.